The van der Waals surface area contributed by atoms with Gasteiger partial charge in [0, 0.05) is 25.7 Å². The Bertz CT molecular complexity index is 309. The van der Waals surface area contributed by atoms with Crippen molar-refractivity contribution in [1.29, 1.82) is 0 Å². The Hall–Kier alpha value is -1.00. The van der Waals surface area contributed by atoms with Crippen molar-refractivity contribution >= 4 is 0 Å². The largest absolute Gasteiger partial charge is 0.311 e. The first-order chi connectivity index (χ1) is 7.61. The number of nitrogens with zero attached hydrogens (tertiary/aromatic N) is 1. The molecule has 1 N–H and O–H groups in total. The lowest BCUT2D eigenvalue weighted by molar-refractivity contribution is 0.349. The van der Waals surface area contributed by atoms with Crippen LogP contribution in [0, 0.1) is 11.6 Å². The molecule has 0 amide bonds. The molecule has 0 aliphatic rings. The van der Waals surface area contributed by atoms with Gasteiger partial charge in [0.05, 0.1) is 0 Å². The number of likely N-dealkylation sites (N-methyl/N-ethyl adjacent to an activating group) is 1. The summed E-state index contributed by atoms with van der Waals surface area (Å²) in [5.74, 6) is -1.05. The first-order valence-corrected chi connectivity index (χ1v) is 5.46. The molecule has 0 aliphatic carbocycles. The fourth-order valence-corrected chi connectivity index (χ4v) is 1.37. The number of rotatable bonds is 6. The van der Waals surface area contributed by atoms with Crippen LogP contribution >= 0.6 is 0 Å². The fourth-order valence-electron chi connectivity index (χ4n) is 1.37. The molecule has 0 fully saturated rings. The van der Waals surface area contributed by atoms with Gasteiger partial charge in [-0.2, -0.15) is 0 Å². The van der Waals surface area contributed by atoms with Gasteiger partial charge in [-0.25, -0.2) is 8.78 Å². The molecule has 1 aromatic carbocycles. The van der Waals surface area contributed by atoms with Crippen LogP contribution in [0.3, 0.4) is 0 Å². The third-order valence-corrected chi connectivity index (χ3v) is 2.46. The highest BCUT2D eigenvalue weighted by Gasteiger charge is 2.00. The van der Waals surface area contributed by atoms with Crippen LogP contribution in [0.1, 0.15) is 12.5 Å². The molecule has 0 aromatic heterocycles. The maximum Gasteiger partial charge on any atom is 0.126 e. The molecular formula is C12H18F2N2. The summed E-state index contributed by atoms with van der Waals surface area (Å²) in [5.41, 5.74) is 0.636. The number of hydrogen-bond donors (Lipinski definition) is 1. The molecule has 4 heteroatoms. The van der Waals surface area contributed by atoms with E-state index in [1.807, 2.05) is 7.05 Å². The van der Waals surface area contributed by atoms with Crippen molar-refractivity contribution in [2.24, 2.45) is 0 Å². The van der Waals surface area contributed by atoms with Crippen LogP contribution < -0.4 is 5.32 Å². The van der Waals surface area contributed by atoms with Gasteiger partial charge < -0.3 is 10.2 Å². The Morgan fingerprint density at radius 1 is 1.19 bits per heavy atom. The van der Waals surface area contributed by atoms with Gasteiger partial charge in [0.1, 0.15) is 11.6 Å². The lowest BCUT2D eigenvalue weighted by atomic mass is 10.2. The molecule has 0 unspecified atom stereocenters. The average Bonchev–Trinajstić information content (AvgIpc) is 2.22. The van der Waals surface area contributed by atoms with Crippen LogP contribution in [-0.4, -0.2) is 31.6 Å². The van der Waals surface area contributed by atoms with E-state index in [1.165, 1.54) is 12.1 Å². The monoisotopic (exact) mass is 228 g/mol. The minimum absolute atomic E-state index is 0.492. The van der Waals surface area contributed by atoms with E-state index in [4.69, 9.17) is 0 Å². The van der Waals surface area contributed by atoms with E-state index in [-0.39, 0.29) is 0 Å². The summed E-state index contributed by atoms with van der Waals surface area (Å²) in [4.78, 5) is 2.17. The van der Waals surface area contributed by atoms with Gasteiger partial charge in [-0.15, -0.1) is 0 Å². The molecule has 0 aliphatic heterocycles. The van der Waals surface area contributed by atoms with Gasteiger partial charge >= 0.3 is 0 Å². The highest BCUT2D eigenvalue weighted by Crippen LogP contribution is 2.07. The molecule has 16 heavy (non-hydrogen) atoms. The summed E-state index contributed by atoms with van der Waals surface area (Å²) in [6.07, 6.45) is 0. The second-order valence-electron chi connectivity index (χ2n) is 3.85. The van der Waals surface area contributed by atoms with Crippen LogP contribution in [-0.2, 0) is 6.54 Å². The zero-order valence-corrected chi connectivity index (χ0v) is 9.76. The maximum atomic E-state index is 12.8. The quantitative estimate of drug-likeness (QED) is 0.749. The number of hydrogen-bond acceptors (Lipinski definition) is 2. The van der Waals surface area contributed by atoms with Crippen LogP contribution in [0.4, 0.5) is 8.78 Å². The first-order valence-electron chi connectivity index (χ1n) is 5.46. The number of halogens is 2. The molecule has 0 saturated carbocycles. The van der Waals surface area contributed by atoms with Crippen molar-refractivity contribution in [2.45, 2.75) is 13.5 Å². The van der Waals surface area contributed by atoms with Crippen LogP contribution in [0.15, 0.2) is 18.2 Å². The molecule has 0 saturated heterocycles. The summed E-state index contributed by atoms with van der Waals surface area (Å²) in [6, 6.07) is 3.58. The minimum Gasteiger partial charge on any atom is -0.311 e. The van der Waals surface area contributed by atoms with Crippen molar-refractivity contribution in [2.75, 3.05) is 26.7 Å². The smallest absolute Gasteiger partial charge is 0.126 e. The van der Waals surface area contributed by atoms with Crippen LogP contribution in [0.5, 0.6) is 0 Å². The summed E-state index contributed by atoms with van der Waals surface area (Å²) in [6.45, 7) is 5.31. The zero-order valence-electron chi connectivity index (χ0n) is 9.76. The average molecular weight is 228 g/mol. The van der Waals surface area contributed by atoms with Crippen molar-refractivity contribution in [3.8, 4) is 0 Å². The van der Waals surface area contributed by atoms with Crippen molar-refractivity contribution in [3.05, 3.63) is 35.4 Å². The van der Waals surface area contributed by atoms with Gasteiger partial charge in [0.25, 0.3) is 0 Å². The van der Waals surface area contributed by atoms with E-state index in [9.17, 15) is 8.78 Å². The molecular weight excluding hydrogens is 210 g/mol. The molecule has 0 radical (unpaired) electrons. The van der Waals surface area contributed by atoms with Gasteiger partial charge in [-0.05, 0) is 31.3 Å². The Labute approximate surface area is 95.3 Å². The Kier molecular flexibility index (Phi) is 5.35. The van der Waals surface area contributed by atoms with Crippen LogP contribution in [0.25, 0.3) is 0 Å². The summed E-state index contributed by atoms with van der Waals surface area (Å²) >= 11 is 0. The second kappa shape index (κ2) is 6.55. The fraction of sp³-hybridized carbons (Fsp3) is 0.500. The van der Waals surface area contributed by atoms with E-state index >= 15 is 0 Å². The second-order valence-corrected chi connectivity index (χ2v) is 3.85. The summed E-state index contributed by atoms with van der Waals surface area (Å²) in [5, 5.41) is 3.15. The maximum absolute atomic E-state index is 12.8. The molecule has 1 rings (SSSR count). The highest BCUT2D eigenvalue weighted by molar-refractivity contribution is 5.17. The van der Waals surface area contributed by atoms with Crippen molar-refractivity contribution < 1.29 is 8.78 Å². The standard InChI is InChI=1S/C12H18F2N2/c1-3-16(2)5-4-15-9-10-6-11(13)8-12(14)7-10/h6-8,15H,3-5,9H2,1-2H3. The SMILES string of the molecule is CCN(C)CCNCc1cc(F)cc(F)c1. The molecule has 0 heterocycles. The Balaban J connectivity index is 2.32. The third kappa shape index (κ3) is 4.68. The Morgan fingerprint density at radius 2 is 1.81 bits per heavy atom. The molecule has 0 spiro atoms. The zero-order chi connectivity index (χ0) is 12.0. The third-order valence-electron chi connectivity index (χ3n) is 2.46. The van der Waals surface area contributed by atoms with Gasteiger partial charge in [0.2, 0.25) is 0 Å². The van der Waals surface area contributed by atoms with Crippen molar-refractivity contribution in [1.82, 2.24) is 10.2 Å². The van der Waals surface area contributed by atoms with Gasteiger partial charge in [-0.1, -0.05) is 6.92 Å². The number of benzene rings is 1. The Morgan fingerprint density at radius 3 is 2.38 bits per heavy atom. The van der Waals surface area contributed by atoms with E-state index < -0.39 is 11.6 Å². The normalized spacial score (nSPS) is 11.1. The van der Waals surface area contributed by atoms with Crippen molar-refractivity contribution in [3.63, 3.8) is 0 Å². The molecule has 2 nitrogen and oxygen atoms in total. The first kappa shape index (κ1) is 13.1. The topological polar surface area (TPSA) is 15.3 Å². The van der Waals surface area contributed by atoms with E-state index in [0.29, 0.717) is 12.1 Å². The predicted octanol–water partition coefficient (Wildman–Crippen LogP) is 2.01. The molecule has 0 atom stereocenters. The van der Waals surface area contributed by atoms with E-state index in [1.54, 1.807) is 0 Å². The molecule has 90 valence electrons. The van der Waals surface area contributed by atoms with E-state index in [2.05, 4.69) is 17.1 Å². The minimum atomic E-state index is -0.525. The number of nitrogens with one attached hydrogen (secondary N) is 1. The van der Waals surface area contributed by atoms with Crippen LogP contribution in [0.2, 0.25) is 0 Å². The lowest BCUT2D eigenvalue weighted by Crippen LogP contribution is -2.28. The molecule has 1 aromatic rings. The molecule has 0 bridgehead atoms. The predicted molar refractivity (Wildman–Crippen MR) is 61.2 cm³/mol. The summed E-state index contributed by atoms with van der Waals surface area (Å²) in [7, 11) is 2.03. The van der Waals surface area contributed by atoms with E-state index in [0.717, 1.165) is 25.7 Å². The van der Waals surface area contributed by atoms with Gasteiger partial charge in [0.15, 0.2) is 0 Å². The lowest BCUT2D eigenvalue weighted by Gasteiger charge is -2.14. The summed E-state index contributed by atoms with van der Waals surface area (Å²) < 4.78 is 25.7. The van der Waals surface area contributed by atoms with Gasteiger partial charge in [-0.3, -0.25) is 0 Å². The highest BCUT2D eigenvalue weighted by atomic mass is 19.1.